The highest BCUT2D eigenvalue weighted by molar-refractivity contribution is 7.89. The second-order valence-corrected chi connectivity index (χ2v) is 7.89. The molecule has 0 saturated heterocycles. The molecule has 0 aliphatic carbocycles. The minimum absolute atomic E-state index is 0.212. The van der Waals surface area contributed by atoms with Gasteiger partial charge in [-0.3, -0.25) is 0 Å². The second-order valence-electron chi connectivity index (χ2n) is 6.18. The van der Waals surface area contributed by atoms with E-state index in [9.17, 15) is 34.8 Å². The highest BCUT2D eigenvalue weighted by atomic mass is 32.2. The van der Waals surface area contributed by atoms with E-state index in [1.807, 2.05) is 0 Å². The summed E-state index contributed by atoms with van der Waals surface area (Å²) in [5.74, 6) is -0.590. The zero-order valence-electron chi connectivity index (χ0n) is 15.3. The fraction of sp³-hybridized carbons (Fsp3) is 0.263. The Morgan fingerprint density at radius 1 is 0.967 bits per heavy atom. The van der Waals surface area contributed by atoms with Crippen molar-refractivity contribution >= 4 is 10.0 Å². The molecule has 0 bridgehead atoms. The predicted molar refractivity (Wildman–Crippen MR) is 97.1 cm³/mol. The Bertz CT molecular complexity index is 952. The molecular formula is C19H17F6NO3S. The monoisotopic (exact) mass is 453 g/mol. The molecule has 0 amide bonds. The number of benzene rings is 2. The summed E-state index contributed by atoms with van der Waals surface area (Å²) < 4.78 is 106. The first-order valence-corrected chi connectivity index (χ1v) is 9.96. The molecule has 0 aliphatic heterocycles. The average molecular weight is 453 g/mol. The molecule has 30 heavy (non-hydrogen) atoms. The van der Waals surface area contributed by atoms with Gasteiger partial charge in [0.05, 0.1) is 10.5 Å². The van der Waals surface area contributed by atoms with E-state index < -0.39 is 39.9 Å². The molecule has 11 heteroatoms. The highest BCUT2D eigenvalue weighted by Crippen LogP contribution is 2.31. The van der Waals surface area contributed by atoms with Gasteiger partial charge in [-0.15, -0.1) is 19.8 Å². The molecule has 2 aromatic carbocycles. The van der Waals surface area contributed by atoms with Gasteiger partial charge in [-0.1, -0.05) is 18.2 Å². The van der Waals surface area contributed by atoms with Gasteiger partial charge in [-0.25, -0.2) is 13.1 Å². The Hall–Kier alpha value is -2.53. The predicted octanol–water partition coefficient (Wildman–Crippen LogP) is 5.59. The van der Waals surface area contributed by atoms with Gasteiger partial charge in [0.25, 0.3) is 0 Å². The van der Waals surface area contributed by atoms with Gasteiger partial charge >= 0.3 is 12.5 Å². The van der Waals surface area contributed by atoms with E-state index in [1.54, 1.807) is 0 Å². The smallest absolute Gasteiger partial charge is 0.406 e. The summed E-state index contributed by atoms with van der Waals surface area (Å²) >= 11 is 0. The van der Waals surface area contributed by atoms with E-state index in [1.165, 1.54) is 18.2 Å². The number of hydrogen-bond acceptors (Lipinski definition) is 3. The lowest BCUT2D eigenvalue weighted by Crippen LogP contribution is -2.28. The van der Waals surface area contributed by atoms with Crippen molar-refractivity contribution in [2.75, 3.05) is 0 Å². The van der Waals surface area contributed by atoms with Crippen LogP contribution in [0.5, 0.6) is 5.75 Å². The second kappa shape index (κ2) is 9.09. The fourth-order valence-corrected chi connectivity index (χ4v) is 3.82. The molecule has 1 unspecified atom stereocenters. The molecule has 1 N–H and O–H groups in total. The van der Waals surface area contributed by atoms with E-state index in [4.69, 9.17) is 0 Å². The van der Waals surface area contributed by atoms with Crippen molar-refractivity contribution in [3.8, 4) is 5.75 Å². The topological polar surface area (TPSA) is 55.4 Å². The van der Waals surface area contributed by atoms with Gasteiger partial charge in [0.2, 0.25) is 10.0 Å². The van der Waals surface area contributed by atoms with Gasteiger partial charge in [-0.05, 0) is 54.8 Å². The lowest BCUT2D eigenvalue weighted by atomic mass is 10.0. The molecule has 4 nitrogen and oxygen atoms in total. The highest BCUT2D eigenvalue weighted by Gasteiger charge is 2.32. The first-order valence-electron chi connectivity index (χ1n) is 8.48. The largest absolute Gasteiger partial charge is 0.573 e. The molecule has 0 aromatic heterocycles. The molecule has 164 valence electrons. The zero-order valence-corrected chi connectivity index (χ0v) is 16.1. The minimum atomic E-state index is -4.92. The molecule has 0 spiro atoms. The van der Waals surface area contributed by atoms with Crippen LogP contribution < -0.4 is 9.46 Å². The summed E-state index contributed by atoms with van der Waals surface area (Å²) in [6.07, 6.45) is -7.35. The number of halogens is 6. The summed E-state index contributed by atoms with van der Waals surface area (Å²) in [5, 5.41) is 0. The molecule has 2 aromatic rings. The van der Waals surface area contributed by atoms with Crippen molar-refractivity contribution in [2.24, 2.45) is 0 Å². The van der Waals surface area contributed by atoms with Crippen LogP contribution in [0.4, 0.5) is 26.3 Å². The maximum Gasteiger partial charge on any atom is 0.573 e. The third kappa shape index (κ3) is 6.77. The van der Waals surface area contributed by atoms with E-state index >= 15 is 0 Å². The van der Waals surface area contributed by atoms with Crippen molar-refractivity contribution < 1.29 is 39.5 Å². The average Bonchev–Trinajstić information content (AvgIpc) is 2.63. The number of hydrogen-bond donors (Lipinski definition) is 1. The minimum Gasteiger partial charge on any atom is -0.406 e. The first kappa shape index (κ1) is 23.7. The maximum atomic E-state index is 12.7. The number of rotatable bonds is 8. The van der Waals surface area contributed by atoms with Gasteiger partial charge in [0, 0.05) is 6.04 Å². The van der Waals surface area contributed by atoms with Crippen LogP contribution in [0.1, 0.15) is 30.0 Å². The van der Waals surface area contributed by atoms with Crippen LogP contribution in [0.2, 0.25) is 0 Å². The van der Waals surface area contributed by atoms with Crippen molar-refractivity contribution in [1.29, 1.82) is 0 Å². The molecular weight excluding hydrogens is 436 g/mol. The van der Waals surface area contributed by atoms with Gasteiger partial charge in [0.15, 0.2) is 0 Å². The van der Waals surface area contributed by atoms with E-state index in [0.717, 1.165) is 36.4 Å². The summed E-state index contributed by atoms with van der Waals surface area (Å²) in [4.78, 5) is -0.326. The number of nitrogens with one attached hydrogen (secondary N) is 1. The third-order valence-electron chi connectivity index (χ3n) is 3.96. The number of alkyl halides is 6. The zero-order chi connectivity index (χ0) is 22.6. The van der Waals surface area contributed by atoms with Crippen LogP contribution in [0.3, 0.4) is 0 Å². The van der Waals surface area contributed by atoms with Crippen molar-refractivity contribution in [3.05, 3.63) is 72.3 Å². The lowest BCUT2D eigenvalue weighted by molar-refractivity contribution is -0.274. The van der Waals surface area contributed by atoms with Crippen molar-refractivity contribution in [3.63, 3.8) is 0 Å². The van der Waals surface area contributed by atoms with E-state index in [0.29, 0.717) is 12.0 Å². The Morgan fingerprint density at radius 3 is 2.00 bits per heavy atom. The fourth-order valence-electron chi connectivity index (χ4n) is 2.56. The maximum absolute atomic E-state index is 12.7. The normalized spacial score (nSPS) is 13.7. The molecule has 1 atom stereocenters. The third-order valence-corrected chi connectivity index (χ3v) is 5.45. The van der Waals surface area contributed by atoms with E-state index in [2.05, 4.69) is 16.0 Å². The first-order chi connectivity index (χ1) is 13.8. The number of allylic oxidation sites excluding steroid dienone is 1. The molecule has 0 heterocycles. The van der Waals surface area contributed by atoms with Gasteiger partial charge in [-0.2, -0.15) is 13.2 Å². The standard InChI is InChI=1S/C19H17F6NO3S/c1-2-3-4-17(13-5-7-14(8-6-13)18(20,21)22)26-30(27,28)16-11-9-15(10-12-16)29-19(23,24)25/h2,5-12,17,26H,1,3-4H2. The van der Waals surface area contributed by atoms with Crippen LogP contribution >= 0.6 is 0 Å². The SMILES string of the molecule is C=CCCC(NS(=O)(=O)c1ccc(OC(F)(F)F)cc1)c1ccc(C(F)(F)F)cc1. The molecule has 0 aliphatic rings. The Morgan fingerprint density at radius 2 is 1.53 bits per heavy atom. The quantitative estimate of drug-likeness (QED) is 0.419. The summed E-state index contributed by atoms with van der Waals surface area (Å²) in [7, 11) is -4.18. The van der Waals surface area contributed by atoms with E-state index in [-0.39, 0.29) is 11.3 Å². The van der Waals surface area contributed by atoms with Crippen molar-refractivity contribution in [1.82, 2.24) is 4.72 Å². The van der Waals surface area contributed by atoms with Crippen LogP contribution in [0.25, 0.3) is 0 Å². The molecule has 0 saturated carbocycles. The molecule has 0 fully saturated rings. The van der Waals surface area contributed by atoms with Gasteiger partial charge < -0.3 is 4.74 Å². The lowest BCUT2D eigenvalue weighted by Gasteiger charge is -2.20. The number of ether oxygens (including phenoxy) is 1. The summed E-state index contributed by atoms with van der Waals surface area (Å²) in [6.45, 7) is 3.53. The van der Waals surface area contributed by atoms with Crippen LogP contribution in [-0.2, 0) is 16.2 Å². The van der Waals surface area contributed by atoms with Gasteiger partial charge in [0.1, 0.15) is 5.75 Å². The number of sulfonamides is 1. The van der Waals surface area contributed by atoms with Crippen LogP contribution in [0.15, 0.2) is 66.1 Å². The Labute approximate surface area is 169 Å². The Kier molecular flexibility index (Phi) is 7.19. The summed E-state index contributed by atoms with van der Waals surface area (Å²) in [5.41, 5.74) is -0.581. The summed E-state index contributed by atoms with van der Waals surface area (Å²) in [6, 6.07) is 6.70. The molecule has 0 radical (unpaired) electrons. The van der Waals surface area contributed by atoms with Crippen LogP contribution in [-0.4, -0.2) is 14.8 Å². The van der Waals surface area contributed by atoms with Crippen molar-refractivity contribution in [2.45, 2.75) is 36.3 Å². The molecule has 2 rings (SSSR count). The van der Waals surface area contributed by atoms with Crippen LogP contribution in [0, 0.1) is 0 Å². The Balaban J connectivity index is 2.25.